The second kappa shape index (κ2) is 9.13. The highest BCUT2D eigenvalue weighted by Crippen LogP contribution is 2.13. The summed E-state index contributed by atoms with van der Waals surface area (Å²) in [7, 11) is 0. The van der Waals surface area contributed by atoms with Gasteiger partial charge in [0.1, 0.15) is 5.75 Å². The van der Waals surface area contributed by atoms with Gasteiger partial charge in [-0.25, -0.2) is 0 Å². The topological polar surface area (TPSA) is 81.4 Å². The first-order valence-corrected chi connectivity index (χ1v) is 7.31. The number of benzene rings is 1. The Labute approximate surface area is 125 Å². The van der Waals surface area contributed by atoms with Crippen LogP contribution in [0, 0.1) is 0 Å². The fraction of sp³-hybridized carbons (Fsp3) is 0.500. The summed E-state index contributed by atoms with van der Waals surface area (Å²) < 4.78 is 5.32. The highest BCUT2D eigenvalue weighted by molar-refractivity contribution is 5.98. The third kappa shape index (κ3) is 6.90. The first kappa shape index (κ1) is 17.2. The predicted molar refractivity (Wildman–Crippen MR) is 82.5 cm³/mol. The molecule has 5 heteroatoms. The minimum atomic E-state index is -0.116. The van der Waals surface area contributed by atoms with Gasteiger partial charge in [0.2, 0.25) is 5.91 Å². The van der Waals surface area contributed by atoms with Gasteiger partial charge in [0.25, 0.3) is 0 Å². The molecule has 0 bridgehead atoms. The molecule has 0 aromatic heterocycles. The van der Waals surface area contributed by atoms with Crippen molar-refractivity contribution in [3.05, 3.63) is 29.8 Å². The molecule has 0 saturated carbocycles. The molecule has 116 valence electrons. The molecule has 0 heterocycles. The molecular formula is C16H24N2O3. The van der Waals surface area contributed by atoms with Gasteiger partial charge >= 0.3 is 0 Å². The van der Waals surface area contributed by atoms with E-state index < -0.39 is 0 Å². The number of rotatable bonds is 9. The number of hydrogen-bond acceptors (Lipinski definition) is 4. The molecule has 3 N–H and O–H groups in total. The Morgan fingerprint density at radius 3 is 2.48 bits per heavy atom. The van der Waals surface area contributed by atoms with E-state index in [0.29, 0.717) is 18.7 Å². The van der Waals surface area contributed by atoms with Gasteiger partial charge < -0.3 is 15.8 Å². The third-order valence-corrected chi connectivity index (χ3v) is 2.99. The van der Waals surface area contributed by atoms with E-state index >= 15 is 0 Å². The van der Waals surface area contributed by atoms with Crippen LogP contribution in [-0.4, -0.2) is 30.9 Å². The van der Waals surface area contributed by atoms with Crippen molar-refractivity contribution < 1.29 is 14.3 Å². The first-order valence-electron chi connectivity index (χ1n) is 7.31. The van der Waals surface area contributed by atoms with Crippen LogP contribution in [0.3, 0.4) is 0 Å². The molecule has 1 unspecified atom stereocenters. The van der Waals surface area contributed by atoms with Crippen molar-refractivity contribution in [3.8, 4) is 5.75 Å². The number of hydrogen-bond donors (Lipinski definition) is 2. The van der Waals surface area contributed by atoms with Gasteiger partial charge in [0.15, 0.2) is 5.78 Å². The number of nitrogens with one attached hydrogen (secondary N) is 1. The molecular weight excluding hydrogens is 268 g/mol. The van der Waals surface area contributed by atoms with Gasteiger partial charge in [-0.3, -0.25) is 9.59 Å². The van der Waals surface area contributed by atoms with E-state index in [1.807, 2.05) is 13.8 Å². The summed E-state index contributed by atoms with van der Waals surface area (Å²) in [4.78, 5) is 23.5. The molecule has 0 fully saturated rings. The van der Waals surface area contributed by atoms with Gasteiger partial charge in [-0.15, -0.1) is 0 Å². The van der Waals surface area contributed by atoms with E-state index in [9.17, 15) is 9.59 Å². The lowest BCUT2D eigenvalue weighted by Gasteiger charge is -2.07. The Hall–Kier alpha value is -1.88. The van der Waals surface area contributed by atoms with Crippen molar-refractivity contribution in [1.82, 2.24) is 5.32 Å². The number of ketones is 1. The molecule has 1 amide bonds. The molecule has 0 aliphatic rings. The highest BCUT2D eigenvalue weighted by atomic mass is 16.5. The van der Waals surface area contributed by atoms with Crippen LogP contribution < -0.4 is 15.8 Å². The number of ether oxygens (including phenoxy) is 1. The van der Waals surface area contributed by atoms with Crippen LogP contribution in [0.25, 0.3) is 0 Å². The normalized spacial score (nSPS) is 11.8. The van der Waals surface area contributed by atoms with Gasteiger partial charge in [0.05, 0.1) is 6.61 Å². The van der Waals surface area contributed by atoms with Crippen LogP contribution in [0.4, 0.5) is 0 Å². The zero-order valence-corrected chi connectivity index (χ0v) is 12.7. The second-order valence-electron chi connectivity index (χ2n) is 5.00. The number of nitrogens with two attached hydrogens (primary N) is 1. The van der Waals surface area contributed by atoms with Crippen LogP contribution >= 0.6 is 0 Å². The first-order chi connectivity index (χ1) is 10.0. The van der Waals surface area contributed by atoms with E-state index in [1.54, 1.807) is 24.3 Å². The lowest BCUT2D eigenvalue weighted by Crippen LogP contribution is -2.29. The van der Waals surface area contributed by atoms with Gasteiger partial charge in [-0.05, 0) is 44.5 Å². The molecule has 1 aromatic carbocycles. The van der Waals surface area contributed by atoms with Crippen LogP contribution in [0.1, 0.15) is 43.5 Å². The maximum absolute atomic E-state index is 12.0. The van der Waals surface area contributed by atoms with E-state index in [0.717, 1.165) is 12.2 Å². The summed E-state index contributed by atoms with van der Waals surface area (Å²) in [5, 5.41) is 2.76. The van der Waals surface area contributed by atoms with Crippen molar-refractivity contribution in [3.63, 3.8) is 0 Å². The summed E-state index contributed by atoms with van der Waals surface area (Å²) in [6.07, 6.45) is 1.14. The average molecular weight is 292 g/mol. The summed E-state index contributed by atoms with van der Waals surface area (Å²) in [6, 6.07) is 7.04. The Morgan fingerprint density at radius 1 is 1.24 bits per heavy atom. The van der Waals surface area contributed by atoms with Gasteiger partial charge in [0, 0.05) is 31.0 Å². The number of amides is 1. The molecule has 1 aromatic rings. The monoisotopic (exact) mass is 292 g/mol. The van der Waals surface area contributed by atoms with E-state index in [4.69, 9.17) is 10.5 Å². The largest absolute Gasteiger partial charge is 0.494 e. The maximum Gasteiger partial charge on any atom is 0.220 e. The van der Waals surface area contributed by atoms with Crippen LogP contribution in [0.5, 0.6) is 5.75 Å². The minimum absolute atomic E-state index is 0.0413. The fourth-order valence-electron chi connectivity index (χ4n) is 1.80. The molecule has 0 aliphatic heterocycles. The zero-order chi connectivity index (χ0) is 15.7. The lowest BCUT2D eigenvalue weighted by molar-refractivity contribution is -0.121. The SMILES string of the molecule is CCOc1ccc(C(=O)CCC(=O)NCCC(C)N)cc1. The number of Topliss-reactive ketones (excluding diaryl/α,β-unsaturated/α-hetero) is 1. The van der Waals surface area contributed by atoms with Crippen molar-refractivity contribution in [2.45, 2.75) is 39.2 Å². The summed E-state index contributed by atoms with van der Waals surface area (Å²) in [6.45, 7) is 4.94. The second-order valence-corrected chi connectivity index (χ2v) is 5.00. The van der Waals surface area contributed by atoms with Crippen LogP contribution in [-0.2, 0) is 4.79 Å². The van der Waals surface area contributed by atoms with Crippen molar-refractivity contribution >= 4 is 11.7 Å². The van der Waals surface area contributed by atoms with Gasteiger partial charge in [-0.2, -0.15) is 0 Å². The molecule has 0 aliphatic carbocycles. The Balaban J connectivity index is 2.34. The Morgan fingerprint density at radius 2 is 1.90 bits per heavy atom. The highest BCUT2D eigenvalue weighted by Gasteiger charge is 2.09. The standard InChI is InChI=1S/C16H24N2O3/c1-3-21-14-6-4-13(5-7-14)15(19)8-9-16(20)18-11-10-12(2)17/h4-7,12H,3,8-11,17H2,1-2H3,(H,18,20). The number of carbonyl (C=O) groups excluding carboxylic acids is 2. The summed E-state index contributed by atoms with van der Waals surface area (Å²) in [5.74, 6) is 0.582. The molecule has 1 rings (SSSR count). The van der Waals surface area contributed by atoms with E-state index in [1.165, 1.54) is 0 Å². The Bertz CT molecular complexity index is 455. The molecule has 21 heavy (non-hydrogen) atoms. The zero-order valence-electron chi connectivity index (χ0n) is 12.7. The maximum atomic E-state index is 12.0. The quantitative estimate of drug-likeness (QED) is 0.681. The molecule has 0 spiro atoms. The van der Waals surface area contributed by atoms with Crippen molar-refractivity contribution in [2.24, 2.45) is 5.73 Å². The predicted octanol–water partition coefficient (Wildman–Crippen LogP) is 1.90. The van der Waals surface area contributed by atoms with E-state index in [-0.39, 0.29) is 30.6 Å². The summed E-state index contributed by atoms with van der Waals surface area (Å²) >= 11 is 0. The summed E-state index contributed by atoms with van der Waals surface area (Å²) in [5.41, 5.74) is 6.19. The van der Waals surface area contributed by atoms with Crippen LogP contribution in [0.2, 0.25) is 0 Å². The van der Waals surface area contributed by atoms with Crippen molar-refractivity contribution in [1.29, 1.82) is 0 Å². The third-order valence-electron chi connectivity index (χ3n) is 2.99. The van der Waals surface area contributed by atoms with Crippen molar-refractivity contribution in [2.75, 3.05) is 13.2 Å². The smallest absolute Gasteiger partial charge is 0.220 e. The lowest BCUT2D eigenvalue weighted by atomic mass is 10.1. The Kier molecular flexibility index (Phi) is 7.46. The van der Waals surface area contributed by atoms with E-state index in [2.05, 4.69) is 5.32 Å². The van der Waals surface area contributed by atoms with Gasteiger partial charge in [-0.1, -0.05) is 0 Å². The average Bonchev–Trinajstić information content (AvgIpc) is 2.45. The molecule has 5 nitrogen and oxygen atoms in total. The number of carbonyl (C=O) groups is 2. The molecule has 0 saturated heterocycles. The fourth-order valence-corrected chi connectivity index (χ4v) is 1.80. The van der Waals surface area contributed by atoms with Crippen LogP contribution in [0.15, 0.2) is 24.3 Å². The molecule has 1 atom stereocenters. The molecule has 0 radical (unpaired) electrons. The minimum Gasteiger partial charge on any atom is -0.494 e.